The molecule has 1 saturated heterocycles. The molecule has 140 valence electrons. The van der Waals surface area contributed by atoms with E-state index in [2.05, 4.69) is 52.3 Å². The minimum absolute atomic E-state index is 0.807. The maximum Gasteiger partial charge on any atom is 0.118 e. The van der Waals surface area contributed by atoms with Gasteiger partial charge in [0.05, 0.1) is 20.3 Å². The van der Waals surface area contributed by atoms with Crippen LogP contribution in [0.1, 0.15) is 11.1 Å². The van der Waals surface area contributed by atoms with Crippen LogP contribution in [0.15, 0.2) is 54.6 Å². The molecule has 0 atom stereocenters. The molecule has 0 aliphatic carbocycles. The molecule has 2 aromatic carbocycles. The van der Waals surface area contributed by atoms with Gasteiger partial charge in [-0.2, -0.15) is 0 Å². The van der Waals surface area contributed by atoms with E-state index in [4.69, 9.17) is 9.47 Å². The molecule has 1 heterocycles. The van der Waals surface area contributed by atoms with Crippen molar-refractivity contribution in [3.8, 4) is 5.75 Å². The molecule has 2 aromatic rings. The highest BCUT2D eigenvalue weighted by Gasteiger charge is 2.16. The average Bonchev–Trinajstić information content (AvgIpc) is 2.70. The van der Waals surface area contributed by atoms with Gasteiger partial charge >= 0.3 is 0 Å². The van der Waals surface area contributed by atoms with Gasteiger partial charge in [0.1, 0.15) is 5.75 Å². The first-order valence-corrected chi connectivity index (χ1v) is 9.53. The standard InChI is InChI=1S/C22H30N2O2/c1-25-22-9-7-21(8-10-22)19-24-14-12-23(13-15-24)16-18-26-17-11-20-5-3-2-4-6-20/h2-10H,11-19H2,1H3. The fraction of sp³-hybridized carbons (Fsp3) is 0.455. The predicted molar refractivity (Wildman–Crippen MR) is 106 cm³/mol. The smallest absolute Gasteiger partial charge is 0.118 e. The maximum atomic E-state index is 5.82. The Hall–Kier alpha value is -1.88. The fourth-order valence-corrected chi connectivity index (χ4v) is 3.29. The van der Waals surface area contributed by atoms with Crippen molar-refractivity contribution in [1.29, 1.82) is 0 Å². The highest BCUT2D eigenvalue weighted by molar-refractivity contribution is 5.27. The van der Waals surface area contributed by atoms with Gasteiger partial charge in [-0.15, -0.1) is 0 Å². The van der Waals surface area contributed by atoms with E-state index in [-0.39, 0.29) is 0 Å². The van der Waals surface area contributed by atoms with Crippen LogP contribution in [0.2, 0.25) is 0 Å². The molecule has 0 radical (unpaired) electrons. The molecular weight excluding hydrogens is 324 g/mol. The third-order valence-electron chi connectivity index (χ3n) is 4.96. The summed E-state index contributed by atoms with van der Waals surface area (Å²) in [5, 5.41) is 0. The van der Waals surface area contributed by atoms with Crippen LogP contribution < -0.4 is 4.74 Å². The zero-order valence-corrected chi connectivity index (χ0v) is 15.8. The summed E-state index contributed by atoms with van der Waals surface area (Å²) in [5.74, 6) is 0.922. The van der Waals surface area contributed by atoms with Gasteiger partial charge in [0.2, 0.25) is 0 Å². The van der Waals surface area contributed by atoms with Gasteiger partial charge in [-0.05, 0) is 29.7 Å². The minimum atomic E-state index is 0.807. The average molecular weight is 354 g/mol. The Balaban J connectivity index is 1.27. The van der Waals surface area contributed by atoms with E-state index in [9.17, 15) is 0 Å². The number of benzene rings is 2. The molecular formula is C22H30N2O2. The first-order valence-electron chi connectivity index (χ1n) is 9.53. The molecule has 0 saturated carbocycles. The van der Waals surface area contributed by atoms with Crippen molar-refractivity contribution < 1.29 is 9.47 Å². The Kier molecular flexibility index (Phi) is 7.50. The van der Waals surface area contributed by atoms with Crippen LogP contribution in [0, 0.1) is 0 Å². The second-order valence-corrected chi connectivity index (χ2v) is 6.81. The summed E-state index contributed by atoms with van der Waals surface area (Å²) in [4.78, 5) is 5.03. The molecule has 1 aliphatic heterocycles. The van der Waals surface area contributed by atoms with E-state index in [1.165, 1.54) is 11.1 Å². The van der Waals surface area contributed by atoms with Crippen LogP contribution in [-0.2, 0) is 17.7 Å². The number of ether oxygens (including phenoxy) is 2. The van der Waals surface area contributed by atoms with E-state index in [1.54, 1.807) is 7.11 Å². The molecule has 1 aliphatic rings. The number of nitrogens with zero attached hydrogens (tertiary/aromatic N) is 2. The molecule has 0 bridgehead atoms. The number of hydrogen-bond donors (Lipinski definition) is 0. The van der Waals surface area contributed by atoms with Crippen molar-refractivity contribution in [2.75, 3.05) is 53.0 Å². The monoisotopic (exact) mass is 354 g/mol. The molecule has 26 heavy (non-hydrogen) atoms. The Labute approximate surface area is 157 Å². The van der Waals surface area contributed by atoms with Crippen molar-refractivity contribution in [1.82, 2.24) is 9.80 Å². The van der Waals surface area contributed by atoms with Crippen molar-refractivity contribution in [3.63, 3.8) is 0 Å². The number of methoxy groups -OCH3 is 1. The van der Waals surface area contributed by atoms with Crippen molar-refractivity contribution in [3.05, 3.63) is 65.7 Å². The van der Waals surface area contributed by atoms with Crippen LogP contribution in [0.3, 0.4) is 0 Å². The van der Waals surface area contributed by atoms with Gasteiger partial charge in [0.25, 0.3) is 0 Å². The van der Waals surface area contributed by atoms with Crippen molar-refractivity contribution in [2.24, 2.45) is 0 Å². The van der Waals surface area contributed by atoms with Crippen LogP contribution in [0.4, 0.5) is 0 Å². The molecule has 4 nitrogen and oxygen atoms in total. The van der Waals surface area contributed by atoms with Crippen LogP contribution in [0.25, 0.3) is 0 Å². The first-order chi connectivity index (χ1) is 12.8. The number of hydrogen-bond acceptors (Lipinski definition) is 4. The lowest BCUT2D eigenvalue weighted by atomic mass is 10.2. The summed E-state index contributed by atoms with van der Waals surface area (Å²) in [6.45, 7) is 8.17. The van der Waals surface area contributed by atoms with Gasteiger partial charge in [0.15, 0.2) is 0 Å². The van der Waals surface area contributed by atoms with Crippen LogP contribution >= 0.6 is 0 Å². The molecule has 3 rings (SSSR count). The summed E-state index contributed by atoms with van der Waals surface area (Å²) < 4.78 is 11.0. The van der Waals surface area contributed by atoms with E-state index in [0.717, 1.165) is 64.7 Å². The molecule has 0 unspecified atom stereocenters. The van der Waals surface area contributed by atoms with Crippen LogP contribution in [0.5, 0.6) is 5.75 Å². The summed E-state index contributed by atoms with van der Waals surface area (Å²) >= 11 is 0. The van der Waals surface area contributed by atoms with E-state index < -0.39 is 0 Å². The highest BCUT2D eigenvalue weighted by atomic mass is 16.5. The second kappa shape index (κ2) is 10.3. The third-order valence-corrected chi connectivity index (χ3v) is 4.96. The third kappa shape index (κ3) is 6.13. The Morgan fingerprint density at radius 1 is 0.769 bits per heavy atom. The lowest BCUT2D eigenvalue weighted by molar-refractivity contribution is 0.0747. The van der Waals surface area contributed by atoms with Gasteiger partial charge in [-0.25, -0.2) is 0 Å². The van der Waals surface area contributed by atoms with Crippen LogP contribution in [-0.4, -0.2) is 62.8 Å². The summed E-state index contributed by atoms with van der Waals surface area (Å²) in [6, 6.07) is 18.9. The topological polar surface area (TPSA) is 24.9 Å². The number of rotatable bonds is 9. The van der Waals surface area contributed by atoms with Gasteiger partial charge in [-0.3, -0.25) is 9.80 Å². The lowest BCUT2D eigenvalue weighted by Gasteiger charge is -2.34. The van der Waals surface area contributed by atoms with Gasteiger partial charge in [0, 0.05) is 39.3 Å². The molecule has 0 N–H and O–H groups in total. The van der Waals surface area contributed by atoms with E-state index >= 15 is 0 Å². The number of piperazine rings is 1. The fourth-order valence-electron chi connectivity index (χ4n) is 3.29. The minimum Gasteiger partial charge on any atom is -0.497 e. The predicted octanol–water partition coefficient (Wildman–Crippen LogP) is 3.07. The zero-order valence-electron chi connectivity index (χ0n) is 15.8. The largest absolute Gasteiger partial charge is 0.497 e. The molecule has 4 heteroatoms. The Morgan fingerprint density at radius 2 is 1.46 bits per heavy atom. The van der Waals surface area contributed by atoms with Gasteiger partial charge < -0.3 is 9.47 Å². The van der Waals surface area contributed by atoms with E-state index in [1.807, 2.05) is 12.1 Å². The first kappa shape index (κ1) is 18.9. The van der Waals surface area contributed by atoms with E-state index in [0.29, 0.717) is 0 Å². The second-order valence-electron chi connectivity index (χ2n) is 6.81. The lowest BCUT2D eigenvalue weighted by Crippen LogP contribution is -2.46. The molecule has 0 amide bonds. The van der Waals surface area contributed by atoms with Crippen molar-refractivity contribution in [2.45, 2.75) is 13.0 Å². The summed E-state index contributed by atoms with van der Waals surface area (Å²) in [5.41, 5.74) is 2.70. The SMILES string of the molecule is COc1ccc(CN2CCN(CCOCCc3ccccc3)CC2)cc1. The Morgan fingerprint density at radius 3 is 2.15 bits per heavy atom. The quantitative estimate of drug-likeness (QED) is 0.646. The molecule has 0 spiro atoms. The summed E-state index contributed by atoms with van der Waals surface area (Å²) in [7, 11) is 1.71. The van der Waals surface area contributed by atoms with Gasteiger partial charge in [-0.1, -0.05) is 42.5 Å². The molecule has 1 fully saturated rings. The summed E-state index contributed by atoms with van der Waals surface area (Å²) in [6.07, 6.45) is 0.997. The van der Waals surface area contributed by atoms with Crippen molar-refractivity contribution >= 4 is 0 Å². The zero-order chi connectivity index (χ0) is 18.0. The molecule has 0 aromatic heterocycles. The Bertz CT molecular complexity index is 622. The highest BCUT2D eigenvalue weighted by Crippen LogP contribution is 2.14. The maximum absolute atomic E-state index is 5.82. The normalized spacial score (nSPS) is 15.9.